The number of benzene rings is 3. The van der Waals surface area contributed by atoms with Crippen LogP contribution < -0.4 is 5.32 Å². The first kappa shape index (κ1) is 21.2. The summed E-state index contributed by atoms with van der Waals surface area (Å²) in [6.45, 7) is 2.56. The normalized spacial score (nSPS) is 10.8. The summed E-state index contributed by atoms with van der Waals surface area (Å²) in [6.07, 6.45) is 0. The fourth-order valence-corrected chi connectivity index (χ4v) is 4.11. The lowest BCUT2D eigenvalue weighted by Crippen LogP contribution is -2.09. The summed E-state index contributed by atoms with van der Waals surface area (Å²) >= 11 is 7.30. The number of carbonyl (C=O) groups excluding carboxylic acids is 1. The molecule has 4 rings (SSSR count). The Morgan fingerprint density at radius 2 is 1.77 bits per heavy atom. The Morgan fingerprint density at radius 1 is 1.00 bits per heavy atom. The number of halogens is 1. The largest absolute Gasteiger partial charge is 0.378 e. The van der Waals surface area contributed by atoms with Gasteiger partial charge in [-0.3, -0.25) is 9.36 Å². The maximum absolute atomic E-state index is 12.6. The van der Waals surface area contributed by atoms with E-state index in [1.54, 1.807) is 24.3 Å². The summed E-state index contributed by atoms with van der Waals surface area (Å²) in [4.78, 5) is 12.6. The summed E-state index contributed by atoms with van der Waals surface area (Å²) in [6, 6.07) is 25.1. The highest BCUT2D eigenvalue weighted by atomic mass is 35.5. The van der Waals surface area contributed by atoms with Crippen LogP contribution in [0.3, 0.4) is 0 Å². The van der Waals surface area contributed by atoms with Crippen LogP contribution in [0.4, 0.5) is 5.69 Å². The Balaban J connectivity index is 1.57. The van der Waals surface area contributed by atoms with Crippen molar-refractivity contribution in [3.63, 3.8) is 0 Å². The Labute approximate surface area is 190 Å². The summed E-state index contributed by atoms with van der Waals surface area (Å²) in [7, 11) is 0. The first-order chi connectivity index (χ1) is 15.1. The second-order valence-electron chi connectivity index (χ2n) is 7.01. The number of rotatable bonds is 8. The third-order valence-electron chi connectivity index (χ3n) is 4.68. The Bertz CT molecular complexity index is 1180. The van der Waals surface area contributed by atoms with E-state index in [2.05, 4.69) is 21.6 Å². The molecule has 7 heteroatoms. The molecular formula is C24H21ClN4OS. The number of carbonyl (C=O) groups is 1. The maximum atomic E-state index is 12.6. The van der Waals surface area contributed by atoms with Crippen LogP contribution in [-0.4, -0.2) is 26.3 Å². The monoisotopic (exact) mass is 448 g/mol. The maximum Gasteiger partial charge on any atom is 0.196 e. The molecule has 1 aromatic heterocycles. The lowest BCUT2D eigenvalue weighted by molar-refractivity contribution is 0.102. The van der Waals surface area contributed by atoms with Gasteiger partial charge in [0.25, 0.3) is 0 Å². The fourth-order valence-electron chi connectivity index (χ4n) is 3.12. The van der Waals surface area contributed by atoms with Gasteiger partial charge in [0.2, 0.25) is 0 Å². The average Bonchev–Trinajstić information content (AvgIpc) is 3.20. The van der Waals surface area contributed by atoms with E-state index in [-0.39, 0.29) is 11.5 Å². The average molecular weight is 449 g/mol. The number of aryl methyl sites for hydroxylation is 1. The molecule has 4 aromatic rings. The number of aromatic nitrogens is 3. The van der Waals surface area contributed by atoms with Crippen molar-refractivity contribution in [2.75, 3.05) is 11.1 Å². The van der Waals surface area contributed by atoms with E-state index in [0.29, 0.717) is 22.3 Å². The molecule has 1 N–H and O–H groups in total. The second-order valence-corrected chi connectivity index (χ2v) is 8.39. The van der Waals surface area contributed by atoms with Crippen molar-refractivity contribution in [1.29, 1.82) is 0 Å². The van der Waals surface area contributed by atoms with Crippen molar-refractivity contribution in [2.45, 2.75) is 18.6 Å². The number of para-hydroxylation sites is 1. The van der Waals surface area contributed by atoms with Gasteiger partial charge in [-0.2, -0.15) is 0 Å². The van der Waals surface area contributed by atoms with E-state index < -0.39 is 0 Å². The van der Waals surface area contributed by atoms with Gasteiger partial charge in [0.15, 0.2) is 16.8 Å². The molecule has 156 valence electrons. The van der Waals surface area contributed by atoms with Gasteiger partial charge in [-0.1, -0.05) is 53.7 Å². The molecule has 0 bridgehead atoms. The predicted octanol–water partition coefficient (Wildman–Crippen LogP) is 5.82. The van der Waals surface area contributed by atoms with Crippen LogP contribution >= 0.6 is 23.4 Å². The van der Waals surface area contributed by atoms with Gasteiger partial charge in [-0.25, -0.2) is 0 Å². The molecule has 0 aliphatic carbocycles. The number of nitrogens with zero attached hydrogens (tertiary/aromatic N) is 3. The summed E-state index contributed by atoms with van der Waals surface area (Å²) in [5.41, 5.74) is 3.75. The number of ketones is 1. The molecule has 0 amide bonds. The lowest BCUT2D eigenvalue weighted by atomic mass is 10.1. The third-order valence-corrected chi connectivity index (χ3v) is 5.86. The van der Waals surface area contributed by atoms with Crippen LogP contribution in [0.5, 0.6) is 0 Å². The van der Waals surface area contributed by atoms with E-state index in [1.807, 2.05) is 60.0 Å². The topological polar surface area (TPSA) is 59.8 Å². The molecule has 0 spiro atoms. The number of anilines is 1. The summed E-state index contributed by atoms with van der Waals surface area (Å²) < 4.78 is 2.00. The third kappa shape index (κ3) is 5.34. The number of hydrogen-bond acceptors (Lipinski definition) is 5. The van der Waals surface area contributed by atoms with E-state index >= 15 is 0 Å². The van der Waals surface area contributed by atoms with Gasteiger partial charge in [0.1, 0.15) is 0 Å². The highest BCUT2D eigenvalue weighted by Gasteiger charge is 2.16. The molecule has 0 radical (unpaired) electrons. The molecule has 0 saturated carbocycles. The minimum Gasteiger partial charge on any atom is -0.378 e. The summed E-state index contributed by atoms with van der Waals surface area (Å²) in [5, 5.41) is 13.4. The molecule has 1 heterocycles. The highest BCUT2D eigenvalue weighted by molar-refractivity contribution is 7.99. The first-order valence-electron chi connectivity index (χ1n) is 9.82. The second kappa shape index (κ2) is 9.81. The molecule has 0 atom stereocenters. The molecule has 0 aliphatic rings. The van der Waals surface area contributed by atoms with E-state index in [4.69, 9.17) is 11.6 Å². The molecule has 0 saturated heterocycles. The molecular weight excluding hydrogens is 428 g/mol. The van der Waals surface area contributed by atoms with Gasteiger partial charge in [-0.15, -0.1) is 10.2 Å². The molecule has 31 heavy (non-hydrogen) atoms. The number of hydrogen-bond donors (Lipinski definition) is 1. The van der Waals surface area contributed by atoms with Gasteiger partial charge >= 0.3 is 0 Å². The zero-order chi connectivity index (χ0) is 21.6. The van der Waals surface area contributed by atoms with Crippen molar-refractivity contribution < 1.29 is 4.79 Å². The predicted molar refractivity (Wildman–Crippen MR) is 126 cm³/mol. The zero-order valence-corrected chi connectivity index (χ0v) is 18.5. The molecule has 3 aromatic carbocycles. The minimum atomic E-state index is 0.0180. The molecule has 0 fully saturated rings. The molecule has 5 nitrogen and oxygen atoms in total. The van der Waals surface area contributed by atoms with Crippen LogP contribution in [0.15, 0.2) is 84.0 Å². The van der Waals surface area contributed by atoms with Gasteiger partial charge < -0.3 is 5.32 Å². The van der Waals surface area contributed by atoms with Crippen molar-refractivity contribution >= 4 is 34.8 Å². The Hall–Kier alpha value is -3.09. The SMILES string of the molecule is Cc1cccc(-n2c(CNc3ccccc3)nnc2SCC(=O)c2ccc(Cl)cc2)c1. The van der Waals surface area contributed by atoms with Crippen molar-refractivity contribution in [3.8, 4) is 5.69 Å². The Morgan fingerprint density at radius 3 is 2.52 bits per heavy atom. The minimum absolute atomic E-state index is 0.0180. The summed E-state index contributed by atoms with van der Waals surface area (Å²) in [5.74, 6) is 1.05. The van der Waals surface area contributed by atoms with Crippen LogP contribution in [0.25, 0.3) is 5.69 Å². The van der Waals surface area contributed by atoms with Crippen LogP contribution in [0, 0.1) is 6.92 Å². The number of nitrogens with one attached hydrogen (secondary N) is 1. The molecule has 0 aliphatic heterocycles. The number of thioether (sulfide) groups is 1. The van der Waals surface area contributed by atoms with Crippen molar-refractivity contribution in [2.24, 2.45) is 0 Å². The quantitative estimate of drug-likeness (QED) is 0.272. The van der Waals surface area contributed by atoms with E-state index in [9.17, 15) is 4.79 Å². The Kier molecular flexibility index (Phi) is 6.70. The number of Topliss-reactive ketones (excluding diaryl/α,β-unsaturated/α-hetero) is 1. The van der Waals surface area contributed by atoms with Crippen LogP contribution in [-0.2, 0) is 6.54 Å². The zero-order valence-electron chi connectivity index (χ0n) is 17.0. The van der Waals surface area contributed by atoms with E-state index in [1.165, 1.54) is 11.8 Å². The van der Waals surface area contributed by atoms with Crippen molar-refractivity contribution in [3.05, 3.63) is 101 Å². The lowest BCUT2D eigenvalue weighted by Gasteiger charge is -2.12. The van der Waals surface area contributed by atoms with Crippen LogP contribution in [0.2, 0.25) is 5.02 Å². The van der Waals surface area contributed by atoms with Gasteiger partial charge in [0, 0.05) is 22.0 Å². The standard InChI is InChI=1S/C24H21ClN4OS/c1-17-6-5-9-21(14-17)29-23(15-26-20-7-3-2-4-8-20)27-28-24(29)31-16-22(30)18-10-12-19(25)13-11-18/h2-14,26H,15-16H2,1H3. The van der Waals surface area contributed by atoms with Gasteiger partial charge in [-0.05, 0) is 61.0 Å². The molecule has 0 unspecified atom stereocenters. The smallest absolute Gasteiger partial charge is 0.196 e. The van der Waals surface area contributed by atoms with Gasteiger partial charge in [0.05, 0.1) is 12.3 Å². The fraction of sp³-hybridized carbons (Fsp3) is 0.125. The van der Waals surface area contributed by atoms with Crippen molar-refractivity contribution in [1.82, 2.24) is 14.8 Å². The van der Waals surface area contributed by atoms with E-state index in [0.717, 1.165) is 22.8 Å². The first-order valence-corrected chi connectivity index (χ1v) is 11.2. The van der Waals surface area contributed by atoms with Crippen LogP contribution in [0.1, 0.15) is 21.7 Å². The highest BCUT2D eigenvalue weighted by Crippen LogP contribution is 2.24.